The van der Waals surface area contributed by atoms with Gasteiger partial charge in [0.15, 0.2) is 0 Å². The Morgan fingerprint density at radius 1 is 1.11 bits per heavy atom. The Kier molecular flexibility index (Phi) is 3.13. The first kappa shape index (κ1) is 7.14. The predicted octanol–water partition coefficient (Wildman–Crippen LogP) is 3.32. The van der Waals surface area contributed by atoms with Crippen molar-refractivity contribution in [1.82, 2.24) is 0 Å². The van der Waals surface area contributed by atoms with Crippen LogP contribution in [0.25, 0.3) is 0 Å². The van der Waals surface area contributed by atoms with Gasteiger partial charge in [-0.3, -0.25) is 0 Å². The Bertz CT molecular complexity index is 90.7. The van der Waals surface area contributed by atoms with E-state index in [4.69, 9.17) is 11.6 Å². The van der Waals surface area contributed by atoms with Crippen molar-refractivity contribution in [2.45, 2.75) is 32.1 Å². The van der Waals surface area contributed by atoms with Gasteiger partial charge in [-0.2, -0.15) is 0 Å². The molecular weight excluding hydrogens is 132 g/mol. The van der Waals surface area contributed by atoms with E-state index in [1.807, 2.05) is 0 Å². The zero-order valence-corrected chi connectivity index (χ0v) is 6.40. The topological polar surface area (TPSA) is 0 Å². The van der Waals surface area contributed by atoms with Crippen LogP contribution in [0.15, 0.2) is 11.6 Å². The van der Waals surface area contributed by atoms with E-state index >= 15 is 0 Å². The van der Waals surface area contributed by atoms with Crippen molar-refractivity contribution in [2.24, 2.45) is 5.92 Å². The Hall–Kier alpha value is 0.0300. The minimum absolute atomic E-state index is 0.788. The maximum atomic E-state index is 5.45. The number of allylic oxidation sites excluding steroid dienone is 1. The SMILES string of the molecule is Cl/C=C/C1CCCCC1. The summed E-state index contributed by atoms with van der Waals surface area (Å²) < 4.78 is 0. The van der Waals surface area contributed by atoms with E-state index in [9.17, 15) is 0 Å². The quantitative estimate of drug-likeness (QED) is 0.530. The van der Waals surface area contributed by atoms with Crippen LogP contribution in [0.3, 0.4) is 0 Å². The number of hydrogen-bond donors (Lipinski definition) is 0. The molecule has 1 aliphatic carbocycles. The molecule has 52 valence electrons. The van der Waals surface area contributed by atoms with Gasteiger partial charge in [0.1, 0.15) is 0 Å². The van der Waals surface area contributed by atoms with Crippen molar-refractivity contribution in [3.05, 3.63) is 11.6 Å². The van der Waals surface area contributed by atoms with E-state index in [0.717, 1.165) is 5.92 Å². The van der Waals surface area contributed by atoms with Crippen molar-refractivity contribution in [3.8, 4) is 0 Å². The maximum absolute atomic E-state index is 5.45. The van der Waals surface area contributed by atoms with Gasteiger partial charge in [0, 0.05) is 5.54 Å². The second kappa shape index (κ2) is 3.94. The first-order valence-corrected chi connectivity index (χ1v) is 4.14. The van der Waals surface area contributed by atoms with Crippen molar-refractivity contribution >= 4 is 11.6 Å². The largest absolute Gasteiger partial charge is 0.0933 e. The molecule has 0 aromatic heterocycles. The van der Waals surface area contributed by atoms with E-state index < -0.39 is 0 Å². The van der Waals surface area contributed by atoms with Crippen LogP contribution in [0.2, 0.25) is 0 Å². The average Bonchev–Trinajstić information content (AvgIpc) is 1.91. The summed E-state index contributed by atoms with van der Waals surface area (Å²) in [6.45, 7) is 0. The molecule has 1 saturated carbocycles. The molecule has 0 amide bonds. The minimum Gasteiger partial charge on any atom is -0.0933 e. The van der Waals surface area contributed by atoms with Gasteiger partial charge in [-0.1, -0.05) is 36.9 Å². The standard InChI is InChI=1S/C8H13Cl/c9-7-6-8-4-2-1-3-5-8/h6-8H,1-5H2/b7-6+. The van der Waals surface area contributed by atoms with Gasteiger partial charge >= 0.3 is 0 Å². The van der Waals surface area contributed by atoms with Crippen LogP contribution in [0.4, 0.5) is 0 Å². The van der Waals surface area contributed by atoms with Gasteiger partial charge in [0.25, 0.3) is 0 Å². The summed E-state index contributed by atoms with van der Waals surface area (Å²) in [4.78, 5) is 0. The lowest BCUT2D eigenvalue weighted by atomic mass is 9.90. The second-order valence-corrected chi connectivity index (χ2v) is 2.97. The highest BCUT2D eigenvalue weighted by atomic mass is 35.5. The maximum Gasteiger partial charge on any atom is 0.000525 e. The van der Waals surface area contributed by atoms with Crippen LogP contribution in [0.1, 0.15) is 32.1 Å². The molecule has 0 radical (unpaired) electrons. The summed E-state index contributed by atoms with van der Waals surface area (Å²) in [5, 5.41) is 0. The first-order chi connectivity index (χ1) is 4.43. The molecule has 1 rings (SSSR count). The van der Waals surface area contributed by atoms with Crippen LogP contribution < -0.4 is 0 Å². The lowest BCUT2D eigenvalue weighted by molar-refractivity contribution is 0.420. The monoisotopic (exact) mass is 144 g/mol. The Morgan fingerprint density at radius 3 is 2.33 bits per heavy atom. The average molecular weight is 145 g/mol. The van der Waals surface area contributed by atoms with E-state index in [2.05, 4.69) is 6.08 Å². The molecule has 1 aliphatic rings. The van der Waals surface area contributed by atoms with E-state index in [-0.39, 0.29) is 0 Å². The van der Waals surface area contributed by atoms with Gasteiger partial charge in [-0.25, -0.2) is 0 Å². The second-order valence-electron chi connectivity index (χ2n) is 2.72. The molecule has 1 heteroatoms. The Balaban J connectivity index is 2.23. The summed E-state index contributed by atoms with van der Waals surface area (Å²) in [6.07, 6.45) is 9.04. The molecule has 9 heavy (non-hydrogen) atoms. The molecule has 0 aromatic carbocycles. The first-order valence-electron chi connectivity index (χ1n) is 3.70. The summed E-state index contributed by atoms with van der Waals surface area (Å²) in [5.41, 5.74) is 1.66. The van der Waals surface area contributed by atoms with Crippen molar-refractivity contribution in [3.63, 3.8) is 0 Å². The van der Waals surface area contributed by atoms with Gasteiger partial charge in [-0.15, -0.1) is 0 Å². The van der Waals surface area contributed by atoms with Gasteiger partial charge < -0.3 is 0 Å². The highest BCUT2D eigenvalue weighted by Crippen LogP contribution is 2.24. The fourth-order valence-electron chi connectivity index (χ4n) is 1.43. The van der Waals surface area contributed by atoms with E-state index in [0.29, 0.717) is 0 Å². The lowest BCUT2D eigenvalue weighted by Crippen LogP contribution is -2.01. The van der Waals surface area contributed by atoms with Gasteiger partial charge in [-0.05, 0) is 18.8 Å². The van der Waals surface area contributed by atoms with Crippen LogP contribution >= 0.6 is 11.6 Å². The molecule has 0 aliphatic heterocycles. The molecule has 0 spiro atoms. The fraction of sp³-hybridized carbons (Fsp3) is 0.750. The third-order valence-electron chi connectivity index (χ3n) is 1.99. The Morgan fingerprint density at radius 2 is 1.78 bits per heavy atom. The Labute approximate surface area is 61.9 Å². The van der Waals surface area contributed by atoms with Gasteiger partial charge in [0.05, 0.1) is 0 Å². The van der Waals surface area contributed by atoms with Gasteiger partial charge in [0.2, 0.25) is 0 Å². The fourth-order valence-corrected chi connectivity index (χ4v) is 1.64. The molecule has 0 bridgehead atoms. The normalized spacial score (nSPS) is 23.2. The third-order valence-corrected chi connectivity index (χ3v) is 2.14. The zero-order chi connectivity index (χ0) is 6.53. The van der Waals surface area contributed by atoms with Crippen LogP contribution in [0, 0.1) is 5.92 Å². The highest BCUT2D eigenvalue weighted by molar-refractivity contribution is 6.25. The molecule has 1 fully saturated rings. The molecule has 0 nitrogen and oxygen atoms in total. The van der Waals surface area contributed by atoms with E-state index in [1.54, 1.807) is 5.54 Å². The lowest BCUT2D eigenvalue weighted by Gasteiger charge is -2.16. The zero-order valence-electron chi connectivity index (χ0n) is 5.65. The smallest absolute Gasteiger partial charge is 0.000525 e. The van der Waals surface area contributed by atoms with Crippen molar-refractivity contribution < 1.29 is 0 Å². The predicted molar refractivity (Wildman–Crippen MR) is 41.6 cm³/mol. The molecule has 0 atom stereocenters. The summed E-state index contributed by atoms with van der Waals surface area (Å²) in [7, 11) is 0. The van der Waals surface area contributed by atoms with Crippen LogP contribution in [-0.2, 0) is 0 Å². The summed E-state index contributed by atoms with van der Waals surface area (Å²) >= 11 is 5.45. The van der Waals surface area contributed by atoms with Crippen molar-refractivity contribution in [2.75, 3.05) is 0 Å². The molecule has 0 unspecified atom stereocenters. The van der Waals surface area contributed by atoms with E-state index in [1.165, 1.54) is 32.1 Å². The third kappa shape index (κ3) is 2.40. The van der Waals surface area contributed by atoms with Crippen LogP contribution in [-0.4, -0.2) is 0 Å². The number of halogens is 1. The minimum atomic E-state index is 0.788. The summed E-state index contributed by atoms with van der Waals surface area (Å²) in [6, 6.07) is 0. The van der Waals surface area contributed by atoms with Crippen LogP contribution in [0.5, 0.6) is 0 Å². The summed E-state index contributed by atoms with van der Waals surface area (Å²) in [5.74, 6) is 0.788. The molecule has 0 heterocycles. The molecule has 0 N–H and O–H groups in total. The molecule has 0 aromatic rings. The molecular formula is C8H13Cl. The number of hydrogen-bond acceptors (Lipinski definition) is 0. The van der Waals surface area contributed by atoms with Crippen molar-refractivity contribution in [1.29, 1.82) is 0 Å². The molecule has 0 saturated heterocycles. The number of rotatable bonds is 1. The highest BCUT2D eigenvalue weighted by Gasteiger charge is 2.08.